The van der Waals surface area contributed by atoms with Crippen molar-refractivity contribution in [1.29, 1.82) is 0 Å². The molecule has 0 N–H and O–H groups in total. The molecule has 2 unspecified atom stereocenters. The van der Waals surface area contributed by atoms with E-state index < -0.39 is 0 Å². The van der Waals surface area contributed by atoms with Gasteiger partial charge in [0.2, 0.25) is 0 Å². The van der Waals surface area contributed by atoms with Crippen LogP contribution in [0.3, 0.4) is 0 Å². The minimum atomic E-state index is -0.271. The van der Waals surface area contributed by atoms with Crippen LogP contribution < -0.4 is 0 Å². The number of hydrogen-bond donors (Lipinski definition) is 0. The summed E-state index contributed by atoms with van der Waals surface area (Å²) in [5, 5.41) is 13.0. The lowest BCUT2D eigenvalue weighted by Crippen LogP contribution is -2.33. The molecule has 2 aliphatic carbocycles. The molecule has 21 heavy (non-hydrogen) atoms. The smallest absolute Gasteiger partial charge is 0.178 e. The van der Waals surface area contributed by atoms with Crippen LogP contribution in [0.1, 0.15) is 45.4 Å². The van der Waals surface area contributed by atoms with Crippen LogP contribution in [-0.2, 0) is 4.79 Å². The van der Waals surface area contributed by atoms with Gasteiger partial charge in [-0.1, -0.05) is 32.4 Å². The molecule has 0 spiro atoms. The van der Waals surface area contributed by atoms with Gasteiger partial charge >= 0.3 is 0 Å². The summed E-state index contributed by atoms with van der Waals surface area (Å²) in [5.41, 5.74) is 0.347. The van der Waals surface area contributed by atoms with E-state index in [0.29, 0.717) is 22.5 Å². The Hall–Kier alpha value is -1.49. The van der Waals surface area contributed by atoms with Gasteiger partial charge in [0.25, 0.3) is 0 Å². The zero-order valence-electron chi connectivity index (χ0n) is 12.3. The molecule has 0 saturated heterocycles. The second kappa shape index (κ2) is 3.83. The summed E-state index contributed by atoms with van der Waals surface area (Å²) in [6.45, 7) is 6.50. The molecule has 0 amide bonds. The lowest BCUT2D eigenvalue weighted by Gasteiger charge is -2.32. The average Bonchev–Trinajstić information content (AvgIpc) is 2.97. The van der Waals surface area contributed by atoms with Crippen molar-refractivity contribution in [3.63, 3.8) is 0 Å². The third-order valence-electron chi connectivity index (χ3n) is 6.07. The van der Waals surface area contributed by atoms with Gasteiger partial charge in [-0.15, -0.1) is 10.2 Å². The lowest BCUT2D eigenvalue weighted by molar-refractivity contribution is -0.129. The third kappa shape index (κ3) is 1.42. The van der Waals surface area contributed by atoms with Gasteiger partial charge in [0.15, 0.2) is 11.5 Å². The van der Waals surface area contributed by atoms with E-state index in [0.717, 1.165) is 12.8 Å². The van der Waals surface area contributed by atoms with Gasteiger partial charge in [-0.05, 0) is 36.3 Å². The number of hydrogen-bond acceptors (Lipinski definition) is 4. The minimum absolute atomic E-state index is 0.0147. The number of fused-ring (bicyclic) bond motifs is 3. The summed E-state index contributed by atoms with van der Waals surface area (Å²) >= 11 is 5.98. The number of rotatable bonds is 1. The van der Waals surface area contributed by atoms with Crippen molar-refractivity contribution >= 4 is 23.0 Å². The van der Waals surface area contributed by atoms with Crippen molar-refractivity contribution in [3.8, 4) is 0 Å². The van der Waals surface area contributed by atoms with Crippen molar-refractivity contribution in [2.24, 2.45) is 16.7 Å². The summed E-state index contributed by atoms with van der Waals surface area (Å²) in [6.07, 6.45) is 2.01. The highest BCUT2D eigenvalue weighted by atomic mass is 35.5. The Morgan fingerprint density at radius 3 is 2.71 bits per heavy atom. The van der Waals surface area contributed by atoms with Crippen molar-refractivity contribution in [2.45, 2.75) is 39.5 Å². The van der Waals surface area contributed by atoms with Crippen molar-refractivity contribution in [3.05, 3.63) is 23.1 Å². The molecule has 2 fully saturated rings. The summed E-state index contributed by atoms with van der Waals surface area (Å²) in [5.74, 6) is 0.988. The van der Waals surface area contributed by atoms with E-state index in [4.69, 9.17) is 11.6 Å². The number of halogens is 1. The molecule has 0 radical (unpaired) electrons. The van der Waals surface area contributed by atoms with Gasteiger partial charge in [-0.3, -0.25) is 4.79 Å². The molecular weight excluding hydrogens is 288 g/mol. The predicted molar refractivity (Wildman–Crippen MR) is 78.2 cm³/mol. The fraction of sp³-hybridized carbons (Fsp3) is 0.600. The van der Waals surface area contributed by atoms with Gasteiger partial charge in [0.05, 0.1) is 5.92 Å². The van der Waals surface area contributed by atoms with Crippen LogP contribution in [0.25, 0.3) is 5.65 Å². The number of ketones is 1. The number of carbonyl (C=O) groups is 1. The predicted octanol–water partition coefficient (Wildman–Crippen LogP) is 2.89. The Bertz CT molecular complexity index is 768. The molecule has 2 aromatic rings. The standard InChI is InChI=1S/C15H17ClN4O/c1-14(2)8-6-7-15(14,3)12(21)11(8)13-18-17-10-5-4-9(16)19-20(10)13/h4-5,8,11H,6-7H2,1-3H3/t8?,11-,15?/m0/s1. The molecule has 0 aromatic carbocycles. The summed E-state index contributed by atoms with van der Waals surface area (Å²) in [6, 6.07) is 3.46. The normalized spacial score (nSPS) is 34.0. The minimum Gasteiger partial charge on any atom is -0.298 e. The van der Waals surface area contributed by atoms with E-state index in [9.17, 15) is 4.79 Å². The summed E-state index contributed by atoms with van der Waals surface area (Å²) < 4.78 is 1.63. The Balaban J connectivity index is 1.91. The first kappa shape index (κ1) is 13.2. The fourth-order valence-corrected chi connectivity index (χ4v) is 4.50. The molecule has 4 rings (SSSR count). The van der Waals surface area contributed by atoms with E-state index in [1.165, 1.54) is 0 Å². The van der Waals surface area contributed by atoms with E-state index in [1.54, 1.807) is 16.6 Å². The molecule has 2 heterocycles. The first-order chi connectivity index (χ1) is 9.86. The molecule has 2 aliphatic rings. The van der Waals surface area contributed by atoms with E-state index >= 15 is 0 Å². The van der Waals surface area contributed by atoms with Crippen LogP contribution in [0.4, 0.5) is 0 Å². The van der Waals surface area contributed by atoms with Crippen LogP contribution in [0, 0.1) is 16.7 Å². The summed E-state index contributed by atoms with van der Waals surface area (Å²) in [4.78, 5) is 13.0. The second-order valence-electron chi connectivity index (χ2n) is 7.03. The SMILES string of the molecule is CC12CCC([C@H](c3nnc4ccc(Cl)nn34)C1=O)C2(C)C. The van der Waals surface area contributed by atoms with Crippen molar-refractivity contribution in [2.75, 3.05) is 0 Å². The summed E-state index contributed by atoms with van der Waals surface area (Å²) in [7, 11) is 0. The zero-order chi connectivity index (χ0) is 15.0. The van der Waals surface area contributed by atoms with Gasteiger partial charge < -0.3 is 0 Å². The van der Waals surface area contributed by atoms with Gasteiger partial charge in [-0.25, -0.2) is 0 Å². The highest BCUT2D eigenvalue weighted by Crippen LogP contribution is 2.67. The maximum atomic E-state index is 13.0. The highest BCUT2D eigenvalue weighted by molar-refractivity contribution is 6.29. The Morgan fingerprint density at radius 1 is 1.29 bits per heavy atom. The third-order valence-corrected chi connectivity index (χ3v) is 6.27. The van der Waals surface area contributed by atoms with E-state index in [-0.39, 0.29) is 22.5 Å². The maximum Gasteiger partial charge on any atom is 0.178 e. The quantitative estimate of drug-likeness (QED) is 0.813. The molecule has 110 valence electrons. The topological polar surface area (TPSA) is 60.1 Å². The monoisotopic (exact) mass is 304 g/mol. The lowest BCUT2D eigenvalue weighted by atomic mass is 9.70. The second-order valence-corrected chi connectivity index (χ2v) is 7.41. The van der Waals surface area contributed by atoms with Crippen LogP contribution in [0.15, 0.2) is 12.1 Å². The molecule has 3 atom stereocenters. The Morgan fingerprint density at radius 2 is 2.05 bits per heavy atom. The molecule has 2 bridgehead atoms. The number of aromatic nitrogens is 4. The first-order valence-corrected chi connectivity index (χ1v) is 7.66. The fourth-order valence-electron chi connectivity index (χ4n) is 4.36. The Kier molecular flexibility index (Phi) is 2.40. The van der Waals surface area contributed by atoms with E-state index in [1.807, 2.05) is 0 Å². The number of nitrogens with zero attached hydrogens (tertiary/aromatic N) is 4. The van der Waals surface area contributed by atoms with Crippen LogP contribution in [-0.4, -0.2) is 25.6 Å². The van der Waals surface area contributed by atoms with Crippen LogP contribution >= 0.6 is 11.6 Å². The van der Waals surface area contributed by atoms with Gasteiger partial charge in [0, 0.05) is 5.41 Å². The molecule has 6 heteroatoms. The molecule has 2 aromatic heterocycles. The molecular formula is C15H17ClN4O. The maximum absolute atomic E-state index is 13.0. The largest absolute Gasteiger partial charge is 0.298 e. The van der Waals surface area contributed by atoms with Gasteiger partial charge in [0.1, 0.15) is 10.9 Å². The Labute approximate surface area is 127 Å². The first-order valence-electron chi connectivity index (χ1n) is 7.28. The van der Waals surface area contributed by atoms with E-state index in [2.05, 4.69) is 36.1 Å². The van der Waals surface area contributed by atoms with Gasteiger partial charge in [-0.2, -0.15) is 9.61 Å². The molecule has 0 aliphatic heterocycles. The highest BCUT2D eigenvalue weighted by Gasteiger charge is 2.67. The zero-order valence-corrected chi connectivity index (χ0v) is 13.1. The molecule has 5 nitrogen and oxygen atoms in total. The average molecular weight is 305 g/mol. The van der Waals surface area contributed by atoms with Crippen molar-refractivity contribution in [1.82, 2.24) is 19.8 Å². The number of carbonyl (C=O) groups excluding carboxylic acids is 1. The van der Waals surface area contributed by atoms with Crippen LogP contribution in [0.5, 0.6) is 0 Å². The van der Waals surface area contributed by atoms with Crippen molar-refractivity contribution < 1.29 is 4.79 Å². The van der Waals surface area contributed by atoms with Crippen LogP contribution in [0.2, 0.25) is 5.15 Å². The molecule has 2 saturated carbocycles. The number of Topliss-reactive ketones (excluding diaryl/α,β-unsaturated/α-hetero) is 1.